The van der Waals surface area contributed by atoms with Crippen LogP contribution in [0.1, 0.15) is 22.2 Å². The Labute approximate surface area is 92.7 Å². The molecule has 0 aliphatic heterocycles. The molecule has 6 nitrogen and oxygen atoms in total. The molecule has 0 saturated heterocycles. The van der Waals surface area contributed by atoms with E-state index in [9.17, 15) is 15.0 Å². The number of hydrogen-bond acceptors (Lipinski definition) is 6. The molecule has 2 atom stereocenters. The molecule has 1 aromatic heterocycles. The maximum absolute atomic E-state index is 11.1. The first kappa shape index (κ1) is 12.6. The Hall–Kier alpha value is -1.50. The third kappa shape index (κ3) is 2.75. The summed E-state index contributed by atoms with van der Waals surface area (Å²) in [6.45, 7) is -0.0556. The molecular formula is C10H14N2O4. The van der Waals surface area contributed by atoms with Gasteiger partial charge in [-0.15, -0.1) is 0 Å². The monoisotopic (exact) mass is 226 g/mol. The van der Waals surface area contributed by atoms with Crippen molar-refractivity contribution in [1.82, 2.24) is 4.98 Å². The Balaban J connectivity index is 2.82. The van der Waals surface area contributed by atoms with Gasteiger partial charge in [0.05, 0.1) is 13.2 Å². The van der Waals surface area contributed by atoms with E-state index in [4.69, 9.17) is 5.73 Å². The lowest BCUT2D eigenvalue weighted by atomic mass is 10.1. The van der Waals surface area contributed by atoms with E-state index in [1.54, 1.807) is 0 Å². The fourth-order valence-corrected chi connectivity index (χ4v) is 1.16. The van der Waals surface area contributed by atoms with Crippen molar-refractivity contribution in [2.24, 2.45) is 5.73 Å². The van der Waals surface area contributed by atoms with Crippen LogP contribution in [0.15, 0.2) is 18.3 Å². The second-order valence-corrected chi connectivity index (χ2v) is 3.22. The summed E-state index contributed by atoms with van der Waals surface area (Å²) in [6.07, 6.45) is -0.856. The van der Waals surface area contributed by atoms with Crippen molar-refractivity contribution >= 4 is 5.97 Å². The van der Waals surface area contributed by atoms with E-state index in [2.05, 4.69) is 9.72 Å². The van der Waals surface area contributed by atoms with Crippen molar-refractivity contribution in [2.45, 2.75) is 12.2 Å². The number of nitrogens with two attached hydrogens (primary N) is 1. The largest absolute Gasteiger partial charge is 0.464 e. The quantitative estimate of drug-likeness (QED) is 0.582. The van der Waals surface area contributed by atoms with Crippen LogP contribution in [-0.4, -0.2) is 40.9 Å². The average molecular weight is 226 g/mol. The number of hydrogen-bond donors (Lipinski definition) is 3. The van der Waals surface area contributed by atoms with Gasteiger partial charge in [0.15, 0.2) is 0 Å². The summed E-state index contributed by atoms with van der Waals surface area (Å²) in [4.78, 5) is 14.9. The molecule has 0 fully saturated rings. The van der Waals surface area contributed by atoms with Gasteiger partial charge in [0, 0.05) is 18.3 Å². The maximum Gasteiger partial charge on any atom is 0.356 e. The molecule has 2 unspecified atom stereocenters. The van der Waals surface area contributed by atoms with E-state index in [1.807, 2.05) is 0 Å². The van der Waals surface area contributed by atoms with Crippen LogP contribution < -0.4 is 5.73 Å². The highest BCUT2D eigenvalue weighted by Crippen LogP contribution is 2.15. The molecule has 0 bridgehead atoms. The number of aromatic nitrogens is 1. The highest BCUT2D eigenvalue weighted by molar-refractivity contribution is 5.86. The molecule has 88 valence electrons. The maximum atomic E-state index is 11.1. The molecule has 1 aromatic rings. The normalized spacial score (nSPS) is 14.2. The number of methoxy groups -OCH3 is 1. The van der Waals surface area contributed by atoms with Crippen molar-refractivity contribution in [2.75, 3.05) is 13.7 Å². The number of ether oxygens (including phenoxy) is 1. The van der Waals surface area contributed by atoms with Crippen LogP contribution in [0.2, 0.25) is 0 Å². The molecule has 1 rings (SSSR count). The van der Waals surface area contributed by atoms with Crippen LogP contribution in [-0.2, 0) is 4.74 Å². The van der Waals surface area contributed by atoms with Crippen molar-refractivity contribution < 1.29 is 19.7 Å². The molecular weight excluding hydrogens is 212 g/mol. The molecule has 16 heavy (non-hydrogen) atoms. The van der Waals surface area contributed by atoms with Crippen LogP contribution in [0.4, 0.5) is 0 Å². The molecule has 4 N–H and O–H groups in total. The number of nitrogens with zero attached hydrogens (tertiary/aromatic N) is 1. The van der Waals surface area contributed by atoms with Crippen molar-refractivity contribution in [3.63, 3.8) is 0 Å². The smallest absolute Gasteiger partial charge is 0.356 e. The van der Waals surface area contributed by atoms with E-state index < -0.39 is 18.2 Å². The van der Waals surface area contributed by atoms with Crippen LogP contribution >= 0.6 is 0 Å². The van der Waals surface area contributed by atoms with Crippen molar-refractivity contribution in [1.29, 1.82) is 0 Å². The van der Waals surface area contributed by atoms with E-state index in [-0.39, 0.29) is 12.2 Å². The highest BCUT2D eigenvalue weighted by atomic mass is 16.5. The summed E-state index contributed by atoms with van der Waals surface area (Å²) in [7, 11) is 1.25. The Bertz CT molecular complexity index is 352. The van der Waals surface area contributed by atoms with Crippen molar-refractivity contribution in [3.05, 3.63) is 29.6 Å². The number of pyridine rings is 1. The van der Waals surface area contributed by atoms with E-state index >= 15 is 0 Å². The molecule has 0 aliphatic carbocycles. The third-order valence-electron chi connectivity index (χ3n) is 2.13. The van der Waals surface area contributed by atoms with Crippen LogP contribution in [0.3, 0.4) is 0 Å². The molecule has 0 aliphatic rings. The average Bonchev–Trinajstić information content (AvgIpc) is 2.36. The number of aliphatic hydroxyl groups excluding tert-OH is 2. The first-order valence-corrected chi connectivity index (χ1v) is 4.70. The number of rotatable bonds is 4. The van der Waals surface area contributed by atoms with Gasteiger partial charge >= 0.3 is 5.97 Å². The summed E-state index contributed by atoms with van der Waals surface area (Å²) in [6, 6.07) is 2.90. The molecule has 0 aromatic carbocycles. The fraction of sp³-hybridized carbons (Fsp3) is 0.400. The third-order valence-corrected chi connectivity index (χ3v) is 2.13. The van der Waals surface area contributed by atoms with Gasteiger partial charge in [0.25, 0.3) is 0 Å². The lowest BCUT2D eigenvalue weighted by Gasteiger charge is -2.15. The summed E-state index contributed by atoms with van der Waals surface area (Å²) in [5, 5.41) is 18.9. The predicted molar refractivity (Wildman–Crippen MR) is 55.6 cm³/mol. The first-order chi connectivity index (χ1) is 7.60. The lowest BCUT2D eigenvalue weighted by molar-refractivity contribution is 0.0241. The van der Waals surface area contributed by atoms with Crippen molar-refractivity contribution in [3.8, 4) is 0 Å². The fourth-order valence-electron chi connectivity index (χ4n) is 1.16. The first-order valence-electron chi connectivity index (χ1n) is 4.70. The van der Waals surface area contributed by atoms with Gasteiger partial charge in [-0.25, -0.2) is 9.78 Å². The summed E-state index contributed by atoms with van der Waals surface area (Å²) < 4.78 is 4.47. The topological polar surface area (TPSA) is 106 Å². The van der Waals surface area contributed by atoms with Gasteiger partial charge in [-0.3, -0.25) is 0 Å². The predicted octanol–water partition coefficient (Wildman–Crippen LogP) is -0.779. The van der Waals surface area contributed by atoms with Crippen LogP contribution in [0, 0.1) is 0 Å². The minimum absolute atomic E-state index is 0.0556. The standard InChI is InChI=1S/C10H14N2O4/c1-16-10(15)7-3-2-6(5-12-7)9(14)8(13)4-11/h2-3,5,8-9,13-14H,4,11H2,1H3. The van der Waals surface area contributed by atoms with Gasteiger partial charge in [0.2, 0.25) is 0 Å². The van der Waals surface area contributed by atoms with E-state index in [0.29, 0.717) is 5.56 Å². The Kier molecular flexibility index (Phi) is 4.36. The molecule has 0 saturated carbocycles. The Morgan fingerprint density at radius 3 is 2.69 bits per heavy atom. The number of carbonyl (C=O) groups is 1. The lowest BCUT2D eigenvalue weighted by Crippen LogP contribution is -2.27. The molecule has 6 heteroatoms. The SMILES string of the molecule is COC(=O)c1ccc(C(O)C(O)CN)cn1. The molecule has 0 amide bonds. The zero-order valence-corrected chi connectivity index (χ0v) is 8.83. The van der Waals surface area contributed by atoms with Gasteiger partial charge < -0.3 is 20.7 Å². The zero-order valence-electron chi connectivity index (χ0n) is 8.83. The molecule has 1 heterocycles. The zero-order chi connectivity index (χ0) is 12.1. The van der Waals surface area contributed by atoms with E-state index in [0.717, 1.165) is 0 Å². The molecule has 0 radical (unpaired) electrons. The Morgan fingerprint density at radius 1 is 1.56 bits per heavy atom. The minimum Gasteiger partial charge on any atom is -0.464 e. The molecule has 0 spiro atoms. The van der Waals surface area contributed by atoms with Crippen LogP contribution in [0.5, 0.6) is 0 Å². The second-order valence-electron chi connectivity index (χ2n) is 3.22. The van der Waals surface area contributed by atoms with E-state index in [1.165, 1.54) is 25.4 Å². The highest BCUT2D eigenvalue weighted by Gasteiger charge is 2.17. The summed E-state index contributed by atoms with van der Waals surface area (Å²) >= 11 is 0. The minimum atomic E-state index is -1.11. The van der Waals surface area contributed by atoms with Gasteiger partial charge in [-0.1, -0.05) is 6.07 Å². The van der Waals surface area contributed by atoms with Gasteiger partial charge in [-0.05, 0) is 6.07 Å². The Morgan fingerprint density at radius 2 is 2.25 bits per heavy atom. The number of esters is 1. The summed E-state index contributed by atoms with van der Waals surface area (Å²) in [5.41, 5.74) is 5.74. The van der Waals surface area contributed by atoms with Gasteiger partial charge in [0.1, 0.15) is 11.8 Å². The second kappa shape index (κ2) is 5.55. The number of aliphatic hydroxyl groups is 2. The van der Waals surface area contributed by atoms with Gasteiger partial charge in [-0.2, -0.15) is 0 Å². The summed E-state index contributed by atoms with van der Waals surface area (Å²) in [5.74, 6) is -0.555. The number of carbonyl (C=O) groups excluding carboxylic acids is 1. The van der Waals surface area contributed by atoms with Crippen LogP contribution in [0.25, 0.3) is 0 Å².